The van der Waals surface area contributed by atoms with E-state index in [1.807, 2.05) is 56.3 Å². The minimum absolute atomic E-state index is 0.254. The number of carbonyl (C=O) groups excluding carboxylic acids is 1. The molecule has 0 spiro atoms. The number of hydrogen-bond donors (Lipinski definition) is 1. The third kappa shape index (κ3) is 2.28. The Kier molecular flexibility index (Phi) is 2.99. The van der Waals surface area contributed by atoms with Crippen LogP contribution in [0.25, 0.3) is 10.9 Å². The first-order valence-corrected chi connectivity index (χ1v) is 6.46. The summed E-state index contributed by atoms with van der Waals surface area (Å²) in [5.74, 6) is 0. The van der Waals surface area contributed by atoms with Gasteiger partial charge in [0.15, 0.2) is 0 Å². The molecule has 100 valence electrons. The van der Waals surface area contributed by atoms with Gasteiger partial charge in [-0.3, -0.25) is 0 Å². The van der Waals surface area contributed by atoms with Crippen LogP contribution in [-0.4, -0.2) is 15.8 Å². The van der Waals surface area contributed by atoms with Crippen LogP contribution in [-0.2, 0) is 0 Å². The average Bonchev–Trinajstić information content (AvgIpc) is 2.81. The van der Waals surface area contributed by atoms with Gasteiger partial charge in [-0.05, 0) is 43.2 Å². The van der Waals surface area contributed by atoms with E-state index in [4.69, 9.17) is 0 Å². The zero-order valence-electron chi connectivity index (χ0n) is 11.4. The molecule has 4 heteroatoms. The molecule has 0 aliphatic heterocycles. The zero-order valence-corrected chi connectivity index (χ0v) is 11.4. The second kappa shape index (κ2) is 4.81. The number of nitrogens with one attached hydrogen (secondary N) is 1. The van der Waals surface area contributed by atoms with Gasteiger partial charge in [-0.25, -0.2) is 4.79 Å². The Balaban J connectivity index is 1.94. The molecule has 1 heterocycles. The van der Waals surface area contributed by atoms with E-state index in [-0.39, 0.29) is 6.03 Å². The second-order valence-corrected chi connectivity index (χ2v) is 4.92. The summed E-state index contributed by atoms with van der Waals surface area (Å²) in [6.07, 6.45) is 1.70. The summed E-state index contributed by atoms with van der Waals surface area (Å²) in [5.41, 5.74) is 3.79. The van der Waals surface area contributed by atoms with Crippen LogP contribution in [0.1, 0.15) is 11.1 Å². The van der Waals surface area contributed by atoms with Gasteiger partial charge in [-0.2, -0.15) is 9.78 Å². The number of benzene rings is 2. The number of anilines is 1. The normalized spacial score (nSPS) is 10.7. The highest BCUT2D eigenvalue weighted by Crippen LogP contribution is 2.16. The molecule has 1 N–H and O–H groups in total. The highest BCUT2D eigenvalue weighted by atomic mass is 16.2. The fourth-order valence-electron chi connectivity index (χ4n) is 2.19. The molecule has 1 aromatic heterocycles. The Morgan fingerprint density at radius 3 is 2.70 bits per heavy atom. The first-order valence-electron chi connectivity index (χ1n) is 6.46. The average molecular weight is 265 g/mol. The molecule has 3 rings (SSSR count). The second-order valence-electron chi connectivity index (χ2n) is 4.92. The van der Waals surface area contributed by atoms with Crippen molar-refractivity contribution in [3.05, 3.63) is 59.8 Å². The van der Waals surface area contributed by atoms with E-state index in [1.165, 1.54) is 4.68 Å². The van der Waals surface area contributed by atoms with E-state index in [0.717, 1.165) is 27.7 Å². The van der Waals surface area contributed by atoms with Crippen LogP contribution in [0.5, 0.6) is 0 Å². The molecule has 0 bridgehead atoms. The zero-order chi connectivity index (χ0) is 14.1. The molecule has 1 amide bonds. The molecule has 0 saturated heterocycles. The number of hydrogen-bond acceptors (Lipinski definition) is 2. The maximum absolute atomic E-state index is 12.3. The van der Waals surface area contributed by atoms with Gasteiger partial charge in [0.05, 0.1) is 11.7 Å². The van der Waals surface area contributed by atoms with Crippen LogP contribution in [0, 0.1) is 13.8 Å². The maximum atomic E-state index is 12.3. The number of amides is 1. The third-order valence-corrected chi connectivity index (χ3v) is 3.19. The Morgan fingerprint density at radius 2 is 1.90 bits per heavy atom. The predicted octanol–water partition coefficient (Wildman–Crippen LogP) is 3.73. The van der Waals surface area contributed by atoms with Crippen molar-refractivity contribution in [3.63, 3.8) is 0 Å². The van der Waals surface area contributed by atoms with Crippen LogP contribution in [0.3, 0.4) is 0 Å². The van der Waals surface area contributed by atoms with Crippen molar-refractivity contribution in [2.75, 3.05) is 5.32 Å². The van der Waals surface area contributed by atoms with Gasteiger partial charge in [0.1, 0.15) is 0 Å². The standard InChI is InChI=1S/C16H15N3O/c1-11-4-3-5-14(8-11)18-16(20)19-15-9-12(2)6-7-13(15)10-17-19/h3-10H,1-2H3,(H,18,20). The van der Waals surface area contributed by atoms with Crippen molar-refractivity contribution in [2.45, 2.75) is 13.8 Å². The summed E-state index contributed by atoms with van der Waals surface area (Å²) in [4.78, 5) is 12.3. The summed E-state index contributed by atoms with van der Waals surface area (Å²) in [6.45, 7) is 3.98. The van der Waals surface area contributed by atoms with Gasteiger partial charge >= 0.3 is 6.03 Å². The van der Waals surface area contributed by atoms with Gasteiger partial charge in [0, 0.05) is 11.1 Å². The van der Waals surface area contributed by atoms with E-state index in [1.54, 1.807) is 6.20 Å². The van der Waals surface area contributed by atoms with E-state index in [0.29, 0.717) is 0 Å². The molecular weight excluding hydrogens is 250 g/mol. The summed E-state index contributed by atoms with van der Waals surface area (Å²) in [7, 11) is 0. The molecule has 0 saturated carbocycles. The molecule has 20 heavy (non-hydrogen) atoms. The number of nitrogens with zero attached hydrogens (tertiary/aromatic N) is 2. The van der Waals surface area contributed by atoms with Gasteiger partial charge in [-0.1, -0.05) is 24.3 Å². The fourth-order valence-corrected chi connectivity index (χ4v) is 2.19. The van der Waals surface area contributed by atoms with E-state index < -0.39 is 0 Å². The lowest BCUT2D eigenvalue weighted by atomic mass is 10.2. The van der Waals surface area contributed by atoms with E-state index in [9.17, 15) is 4.79 Å². The molecular formula is C16H15N3O. The molecule has 4 nitrogen and oxygen atoms in total. The topological polar surface area (TPSA) is 46.9 Å². The van der Waals surface area contributed by atoms with Gasteiger partial charge in [0.2, 0.25) is 0 Å². The van der Waals surface area contributed by atoms with Crippen molar-refractivity contribution in [1.82, 2.24) is 9.78 Å². The Labute approximate surface area is 117 Å². The van der Waals surface area contributed by atoms with Crippen molar-refractivity contribution < 1.29 is 4.79 Å². The highest BCUT2D eigenvalue weighted by molar-refractivity contribution is 5.97. The van der Waals surface area contributed by atoms with Crippen molar-refractivity contribution in [3.8, 4) is 0 Å². The van der Waals surface area contributed by atoms with Gasteiger partial charge in [0.25, 0.3) is 0 Å². The van der Waals surface area contributed by atoms with Crippen molar-refractivity contribution in [1.29, 1.82) is 0 Å². The quantitative estimate of drug-likeness (QED) is 0.728. The highest BCUT2D eigenvalue weighted by Gasteiger charge is 2.10. The number of rotatable bonds is 1. The largest absolute Gasteiger partial charge is 0.347 e. The lowest BCUT2D eigenvalue weighted by Gasteiger charge is -2.06. The van der Waals surface area contributed by atoms with Crippen molar-refractivity contribution in [2.24, 2.45) is 0 Å². The molecule has 0 aliphatic rings. The molecule has 3 aromatic rings. The first-order chi connectivity index (χ1) is 9.63. The molecule has 0 atom stereocenters. The monoisotopic (exact) mass is 265 g/mol. The SMILES string of the molecule is Cc1cccc(NC(=O)n2ncc3ccc(C)cc32)c1. The number of fused-ring (bicyclic) bond motifs is 1. The minimum Gasteiger partial charge on any atom is -0.306 e. The fraction of sp³-hybridized carbons (Fsp3) is 0.125. The Morgan fingerprint density at radius 1 is 1.10 bits per heavy atom. The van der Waals surface area contributed by atoms with E-state index in [2.05, 4.69) is 10.4 Å². The van der Waals surface area contributed by atoms with Crippen LogP contribution in [0.4, 0.5) is 10.5 Å². The predicted molar refractivity (Wildman–Crippen MR) is 80.1 cm³/mol. The molecule has 0 radical (unpaired) electrons. The lowest BCUT2D eigenvalue weighted by molar-refractivity contribution is 0.252. The molecule has 0 unspecified atom stereocenters. The summed E-state index contributed by atoms with van der Waals surface area (Å²) in [6, 6.07) is 13.4. The van der Waals surface area contributed by atoms with Crippen LogP contribution in [0.15, 0.2) is 48.7 Å². The summed E-state index contributed by atoms with van der Waals surface area (Å²) >= 11 is 0. The van der Waals surface area contributed by atoms with Gasteiger partial charge < -0.3 is 5.32 Å². The van der Waals surface area contributed by atoms with Crippen LogP contribution in [0.2, 0.25) is 0 Å². The first kappa shape index (κ1) is 12.4. The summed E-state index contributed by atoms with van der Waals surface area (Å²) < 4.78 is 1.39. The number of carbonyl (C=O) groups is 1. The smallest absolute Gasteiger partial charge is 0.306 e. The maximum Gasteiger partial charge on any atom is 0.347 e. The van der Waals surface area contributed by atoms with Crippen molar-refractivity contribution >= 4 is 22.6 Å². The molecule has 0 aliphatic carbocycles. The molecule has 0 fully saturated rings. The third-order valence-electron chi connectivity index (χ3n) is 3.19. The summed E-state index contributed by atoms with van der Waals surface area (Å²) in [5, 5.41) is 7.97. The van der Waals surface area contributed by atoms with E-state index >= 15 is 0 Å². The minimum atomic E-state index is -0.254. The Hall–Kier alpha value is -2.62. The number of aromatic nitrogens is 2. The molecule has 2 aromatic carbocycles. The lowest BCUT2D eigenvalue weighted by Crippen LogP contribution is -2.20. The number of aryl methyl sites for hydroxylation is 2. The van der Waals surface area contributed by atoms with Gasteiger partial charge in [-0.15, -0.1) is 0 Å². The van der Waals surface area contributed by atoms with Crippen LogP contribution < -0.4 is 5.32 Å². The van der Waals surface area contributed by atoms with Crippen LogP contribution >= 0.6 is 0 Å². The Bertz CT molecular complexity index is 789.